The lowest BCUT2D eigenvalue weighted by molar-refractivity contribution is -0.156. The maximum Gasteiger partial charge on any atom is 0.158 e. The summed E-state index contributed by atoms with van der Waals surface area (Å²) in [5, 5.41) is 8.54. The van der Waals surface area contributed by atoms with Crippen LogP contribution in [-0.2, 0) is 9.47 Å². The Morgan fingerprint density at radius 3 is 3.07 bits per heavy atom. The molecule has 0 aliphatic carbocycles. The van der Waals surface area contributed by atoms with Gasteiger partial charge in [0.1, 0.15) is 0 Å². The first-order valence-corrected chi connectivity index (χ1v) is 5.01. The Hall–Kier alpha value is -0.640. The monoisotopic (exact) mass is 198 g/mol. The first-order valence-electron chi connectivity index (χ1n) is 5.01. The van der Waals surface area contributed by atoms with Crippen LogP contribution in [0, 0.1) is 0 Å². The van der Waals surface area contributed by atoms with E-state index in [1.54, 1.807) is 12.2 Å². The zero-order valence-electron chi connectivity index (χ0n) is 8.45. The molecule has 3 nitrogen and oxygen atoms in total. The maximum absolute atomic E-state index is 8.54. The van der Waals surface area contributed by atoms with Gasteiger partial charge in [-0.3, -0.25) is 0 Å². The van der Waals surface area contributed by atoms with E-state index in [1.807, 2.05) is 0 Å². The van der Waals surface area contributed by atoms with E-state index >= 15 is 0 Å². The van der Waals surface area contributed by atoms with E-state index in [1.165, 1.54) is 6.42 Å². The van der Waals surface area contributed by atoms with Crippen LogP contribution >= 0.6 is 0 Å². The molecule has 1 heterocycles. The average molecular weight is 198 g/mol. The first kappa shape index (κ1) is 11.4. The molecule has 0 aromatic carbocycles. The third-order valence-electron chi connectivity index (χ3n) is 2.05. The van der Waals surface area contributed by atoms with Crippen LogP contribution in [0.5, 0.6) is 0 Å². The van der Waals surface area contributed by atoms with Crippen LogP contribution in [0.3, 0.4) is 0 Å². The normalized spacial score (nSPS) is 22.8. The molecule has 1 aliphatic rings. The Morgan fingerprint density at radius 2 is 2.43 bits per heavy atom. The van der Waals surface area contributed by atoms with Gasteiger partial charge in [-0.25, -0.2) is 0 Å². The van der Waals surface area contributed by atoms with E-state index in [0.29, 0.717) is 6.61 Å². The van der Waals surface area contributed by atoms with Gasteiger partial charge in [0, 0.05) is 6.61 Å². The quantitative estimate of drug-likeness (QED) is 0.682. The van der Waals surface area contributed by atoms with E-state index < -0.39 is 0 Å². The molecule has 0 bridgehead atoms. The summed E-state index contributed by atoms with van der Waals surface area (Å²) in [5.41, 5.74) is 0.855. The van der Waals surface area contributed by atoms with Gasteiger partial charge >= 0.3 is 0 Å². The van der Waals surface area contributed by atoms with Gasteiger partial charge in [-0.2, -0.15) is 0 Å². The molecule has 1 N–H and O–H groups in total. The highest BCUT2D eigenvalue weighted by atomic mass is 16.7. The van der Waals surface area contributed by atoms with Crippen molar-refractivity contribution < 1.29 is 14.6 Å². The average Bonchev–Trinajstić information content (AvgIpc) is 2.25. The second-order valence-electron chi connectivity index (χ2n) is 3.35. The summed E-state index contributed by atoms with van der Waals surface area (Å²) < 4.78 is 10.9. The van der Waals surface area contributed by atoms with Crippen molar-refractivity contribution in [3.8, 4) is 0 Å². The smallest absolute Gasteiger partial charge is 0.158 e. The Morgan fingerprint density at radius 1 is 1.57 bits per heavy atom. The van der Waals surface area contributed by atoms with Crippen LogP contribution in [0.1, 0.15) is 19.3 Å². The number of aliphatic hydroxyl groups excluding tert-OH is 1. The van der Waals surface area contributed by atoms with Crippen LogP contribution in [-0.4, -0.2) is 31.2 Å². The van der Waals surface area contributed by atoms with Gasteiger partial charge in [-0.15, -0.1) is 0 Å². The number of aliphatic hydroxyl groups is 1. The highest BCUT2D eigenvalue weighted by molar-refractivity contribution is 5.14. The third kappa shape index (κ3) is 4.56. The Kier molecular flexibility index (Phi) is 5.52. The fourth-order valence-corrected chi connectivity index (χ4v) is 1.31. The van der Waals surface area contributed by atoms with Crippen molar-refractivity contribution in [2.45, 2.75) is 25.6 Å². The number of ether oxygens (including phenoxy) is 2. The number of rotatable bonds is 5. The molecule has 0 spiro atoms. The molecule has 80 valence electrons. The molecule has 0 radical (unpaired) electrons. The maximum atomic E-state index is 8.54. The van der Waals surface area contributed by atoms with Crippen LogP contribution in [0.2, 0.25) is 0 Å². The second kappa shape index (κ2) is 6.76. The molecule has 1 unspecified atom stereocenters. The molecule has 0 saturated carbocycles. The van der Waals surface area contributed by atoms with E-state index in [0.717, 1.165) is 25.0 Å². The van der Waals surface area contributed by atoms with Gasteiger partial charge in [0.05, 0.1) is 13.2 Å². The molecule has 0 aromatic rings. The molecule has 1 saturated heterocycles. The predicted molar refractivity (Wildman–Crippen MR) is 54.9 cm³/mol. The zero-order valence-corrected chi connectivity index (χ0v) is 8.45. The second-order valence-corrected chi connectivity index (χ2v) is 3.35. The minimum absolute atomic E-state index is 0.0406. The van der Waals surface area contributed by atoms with Gasteiger partial charge in [-0.05, 0) is 24.8 Å². The van der Waals surface area contributed by atoms with Gasteiger partial charge in [0.2, 0.25) is 0 Å². The summed E-state index contributed by atoms with van der Waals surface area (Å²) in [6.45, 7) is 5.11. The van der Waals surface area contributed by atoms with Crippen LogP contribution in [0.4, 0.5) is 0 Å². The summed E-state index contributed by atoms with van der Waals surface area (Å²) in [5.74, 6) is 0. The largest absolute Gasteiger partial charge is 0.392 e. The van der Waals surface area contributed by atoms with Gasteiger partial charge < -0.3 is 14.6 Å². The minimum atomic E-state index is -0.0666. The number of hydrogen-bond donors (Lipinski definition) is 1. The summed E-state index contributed by atoms with van der Waals surface area (Å²) in [6, 6.07) is 0. The van der Waals surface area contributed by atoms with E-state index in [9.17, 15) is 0 Å². The Balaban J connectivity index is 2.12. The lowest BCUT2D eigenvalue weighted by Gasteiger charge is -2.22. The predicted octanol–water partition coefficient (Wildman–Crippen LogP) is 1.63. The van der Waals surface area contributed by atoms with Crippen molar-refractivity contribution in [2.24, 2.45) is 0 Å². The summed E-state index contributed by atoms with van der Waals surface area (Å²) in [6.07, 6.45) is 6.62. The molecule has 1 atom stereocenters. The lowest BCUT2D eigenvalue weighted by atomic mass is 10.2. The lowest BCUT2D eigenvalue weighted by Crippen LogP contribution is -2.22. The first-order chi connectivity index (χ1) is 6.83. The molecular formula is C11H18O3. The van der Waals surface area contributed by atoms with E-state index in [-0.39, 0.29) is 12.9 Å². The third-order valence-corrected chi connectivity index (χ3v) is 2.05. The van der Waals surface area contributed by atoms with Crippen molar-refractivity contribution in [3.63, 3.8) is 0 Å². The highest BCUT2D eigenvalue weighted by Crippen LogP contribution is 2.14. The van der Waals surface area contributed by atoms with Gasteiger partial charge in [0.25, 0.3) is 0 Å². The minimum Gasteiger partial charge on any atom is -0.392 e. The Labute approximate surface area is 85.0 Å². The van der Waals surface area contributed by atoms with Crippen LogP contribution in [0.25, 0.3) is 0 Å². The fourth-order valence-electron chi connectivity index (χ4n) is 1.31. The molecule has 1 rings (SSSR count). The van der Waals surface area contributed by atoms with Crippen LogP contribution in [0.15, 0.2) is 24.3 Å². The van der Waals surface area contributed by atoms with Crippen molar-refractivity contribution in [3.05, 3.63) is 24.3 Å². The van der Waals surface area contributed by atoms with Gasteiger partial charge in [0.15, 0.2) is 6.29 Å². The molecule has 0 aromatic heterocycles. The number of hydrogen-bond acceptors (Lipinski definition) is 3. The summed E-state index contributed by atoms with van der Waals surface area (Å²) >= 11 is 0. The molecule has 3 heteroatoms. The zero-order chi connectivity index (χ0) is 10.2. The van der Waals surface area contributed by atoms with Crippen molar-refractivity contribution in [1.29, 1.82) is 0 Å². The Bertz CT molecular complexity index is 193. The molecule has 0 amide bonds. The van der Waals surface area contributed by atoms with Crippen molar-refractivity contribution in [2.75, 3.05) is 19.8 Å². The summed E-state index contributed by atoms with van der Waals surface area (Å²) in [4.78, 5) is 0. The van der Waals surface area contributed by atoms with Crippen LogP contribution < -0.4 is 0 Å². The molecule has 1 aliphatic heterocycles. The van der Waals surface area contributed by atoms with Gasteiger partial charge in [-0.1, -0.05) is 18.7 Å². The highest BCUT2D eigenvalue weighted by Gasteiger charge is 2.13. The standard InChI is InChI=1S/C11H18O3/c1-10(5-4-7-12)9-14-11-6-2-3-8-13-11/h4-5,11-12H,1-3,6-9H2/b5-4+. The SMILES string of the molecule is C=C(/C=C/CO)COC1CCCCO1. The summed E-state index contributed by atoms with van der Waals surface area (Å²) in [7, 11) is 0. The fraction of sp³-hybridized carbons (Fsp3) is 0.636. The topological polar surface area (TPSA) is 38.7 Å². The molecule has 1 fully saturated rings. The molecular weight excluding hydrogens is 180 g/mol. The van der Waals surface area contributed by atoms with Crippen molar-refractivity contribution in [1.82, 2.24) is 0 Å². The van der Waals surface area contributed by atoms with E-state index in [2.05, 4.69) is 6.58 Å². The molecule has 14 heavy (non-hydrogen) atoms. The van der Waals surface area contributed by atoms with E-state index in [4.69, 9.17) is 14.6 Å². The van der Waals surface area contributed by atoms with Crippen molar-refractivity contribution >= 4 is 0 Å².